The number of aromatic nitrogens is 2. The highest BCUT2D eigenvalue weighted by molar-refractivity contribution is 6.33. The largest absolute Gasteiger partial charge is 0.355 e. The van der Waals surface area contributed by atoms with Crippen molar-refractivity contribution in [3.63, 3.8) is 0 Å². The van der Waals surface area contributed by atoms with E-state index in [2.05, 4.69) is 15.7 Å². The molecular formula is C15H17ClN4O2. The Balaban J connectivity index is 1.92. The molecule has 2 N–H and O–H groups in total. The summed E-state index contributed by atoms with van der Waals surface area (Å²) in [5, 5.41) is 9.67. The number of amides is 2. The molecule has 0 aliphatic carbocycles. The molecule has 22 heavy (non-hydrogen) atoms. The smallest absolute Gasteiger partial charge is 0.273 e. The SMILES string of the molecule is CNC(=O)c1cccc(CCNC(=O)c2nn(C)cc2Cl)c1. The molecule has 0 aliphatic heterocycles. The van der Waals surface area contributed by atoms with Crippen LogP contribution in [0.25, 0.3) is 0 Å². The van der Waals surface area contributed by atoms with E-state index in [-0.39, 0.29) is 17.5 Å². The number of nitrogens with zero attached hydrogens (tertiary/aromatic N) is 2. The van der Waals surface area contributed by atoms with Gasteiger partial charge in [0.1, 0.15) is 0 Å². The molecule has 116 valence electrons. The number of hydrogen-bond donors (Lipinski definition) is 2. The Morgan fingerprint density at radius 3 is 2.73 bits per heavy atom. The second-order valence-electron chi connectivity index (χ2n) is 4.78. The molecule has 0 radical (unpaired) electrons. The molecule has 2 rings (SSSR count). The van der Waals surface area contributed by atoms with Gasteiger partial charge >= 0.3 is 0 Å². The average Bonchev–Trinajstić information content (AvgIpc) is 2.85. The number of nitrogens with one attached hydrogen (secondary N) is 2. The van der Waals surface area contributed by atoms with Crippen LogP contribution in [-0.2, 0) is 13.5 Å². The number of halogens is 1. The summed E-state index contributed by atoms with van der Waals surface area (Å²) in [6.45, 7) is 0.433. The van der Waals surface area contributed by atoms with Crippen LogP contribution >= 0.6 is 11.6 Å². The average molecular weight is 321 g/mol. The van der Waals surface area contributed by atoms with Gasteiger partial charge in [-0.1, -0.05) is 23.7 Å². The fourth-order valence-corrected chi connectivity index (χ4v) is 2.29. The number of aryl methyl sites for hydroxylation is 1. The minimum absolute atomic E-state index is 0.133. The third kappa shape index (κ3) is 3.85. The lowest BCUT2D eigenvalue weighted by Gasteiger charge is -2.06. The fraction of sp³-hybridized carbons (Fsp3) is 0.267. The Labute approximate surface area is 133 Å². The molecule has 6 nitrogen and oxygen atoms in total. The van der Waals surface area contributed by atoms with E-state index in [1.165, 1.54) is 4.68 Å². The summed E-state index contributed by atoms with van der Waals surface area (Å²) in [7, 11) is 3.29. The fourth-order valence-electron chi connectivity index (χ4n) is 2.03. The van der Waals surface area contributed by atoms with Crippen molar-refractivity contribution in [1.29, 1.82) is 0 Å². The van der Waals surface area contributed by atoms with E-state index in [9.17, 15) is 9.59 Å². The maximum absolute atomic E-state index is 12.0. The number of carbonyl (C=O) groups excluding carboxylic acids is 2. The number of hydrogen-bond acceptors (Lipinski definition) is 3. The zero-order valence-corrected chi connectivity index (χ0v) is 13.1. The van der Waals surface area contributed by atoms with Crippen molar-refractivity contribution in [2.24, 2.45) is 7.05 Å². The molecule has 1 heterocycles. The van der Waals surface area contributed by atoms with E-state index in [4.69, 9.17) is 11.6 Å². The van der Waals surface area contributed by atoms with Gasteiger partial charge in [0, 0.05) is 32.4 Å². The van der Waals surface area contributed by atoms with Gasteiger partial charge in [-0.25, -0.2) is 0 Å². The standard InChI is InChI=1S/C15H17ClN4O2/c1-17-14(21)11-5-3-4-10(8-11)6-7-18-15(22)13-12(16)9-20(2)19-13/h3-5,8-9H,6-7H2,1-2H3,(H,17,21)(H,18,22). The molecule has 0 saturated carbocycles. The van der Waals surface area contributed by atoms with E-state index in [0.29, 0.717) is 23.6 Å². The molecule has 0 saturated heterocycles. The summed E-state index contributed by atoms with van der Waals surface area (Å²) in [6.07, 6.45) is 2.18. The number of rotatable bonds is 5. The first-order chi connectivity index (χ1) is 10.5. The van der Waals surface area contributed by atoms with Crippen molar-refractivity contribution >= 4 is 23.4 Å². The molecule has 1 aromatic carbocycles. The topological polar surface area (TPSA) is 76.0 Å². The second-order valence-corrected chi connectivity index (χ2v) is 5.19. The Kier molecular flexibility index (Phi) is 5.16. The summed E-state index contributed by atoms with van der Waals surface area (Å²) in [6, 6.07) is 7.27. The van der Waals surface area contributed by atoms with Crippen molar-refractivity contribution in [1.82, 2.24) is 20.4 Å². The van der Waals surface area contributed by atoms with Gasteiger partial charge in [0.15, 0.2) is 5.69 Å². The van der Waals surface area contributed by atoms with Crippen LogP contribution in [-0.4, -0.2) is 35.2 Å². The Hall–Kier alpha value is -2.34. The highest BCUT2D eigenvalue weighted by Gasteiger charge is 2.14. The highest BCUT2D eigenvalue weighted by atomic mass is 35.5. The lowest BCUT2D eigenvalue weighted by atomic mass is 10.1. The van der Waals surface area contributed by atoms with Gasteiger partial charge in [-0.15, -0.1) is 0 Å². The zero-order valence-electron chi connectivity index (χ0n) is 12.4. The van der Waals surface area contributed by atoms with Crippen LogP contribution in [0.5, 0.6) is 0 Å². The molecule has 0 spiro atoms. The monoisotopic (exact) mass is 320 g/mol. The zero-order chi connectivity index (χ0) is 16.1. The molecule has 0 aliphatic rings. The molecule has 7 heteroatoms. The van der Waals surface area contributed by atoms with E-state index in [1.54, 1.807) is 32.4 Å². The molecule has 1 aromatic heterocycles. The lowest BCUT2D eigenvalue weighted by Crippen LogP contribution is -2.26. The summed E-state index contributed by atoms with van der Waals surface area (Å²) in [5.41, 5.74) is 1.77. The van der Waals surface area contributed by atoms with Crippen molar-refractivity contribution in [2.45, 2.75) is 6.42 Å². The van der Waals surface area contributed by atoms with Gasteiger partial charge in [0.2, 0.25) is 0 Å². The van der Waals surface area contributed by atoms with Crippen LogP contribution in [0.2, 0.25) is 5.02 Å². The van der Waals surface area contributed by atoms with E-state index >= 15 is 0 Å². The normalized spacial score (nSPS) is 10.3. The maximum atomic E-state index is 12.0. The summed E-state index contributed by atoms with van der Waals surface area (Å²) < 4.78 is 1.49. The molecule has 2 aromatic rings. The highest BCUT2D eigenvalue weighted by Crippen LogP contribution is 2.12. The summed E-state index contributed by atoms with van der Waals surface area (Å²) >= 11 is 5.92. The maximum Gasteiger partial charge on any atom is 0.273 e. The van der Waals surface area contributed by atoms with Gasteiger partial charge < -0.3 is 10.6 Å². The van der Waals surface area contributed by atoms with E-state index < -0.39 is 0 Å². The predicted molar refractivity (Wildman–Crippen MR) is 84.1 cm³/mol. The number of carbonyl (C=O) groups is 2. The predicted octanol–water partition coefficient (Wildman–Crippen LogP) is 1.41. The summed E-state index contributed by atoms with van der Waals surface area (Å²) in [4.78, 5) is 23.5. The van der Waals surface area contributed by atoms with Crippen molar-refractivity contribution in [3.8, 4) is 0 Å². The van der Waals surface area contributed by atoms with Crippen molar-refractivity contribution < 1.29 is 9.59 Å². The van der Waals surface area contributed by atoms with Crippen LogP contribution in [0.1, 0.15) is 26.4 Å². The van der Waals surface area contributed by atoms with Gasteiger partial charge in [-0.2, -0.15) is 5.10 Å². The molecular weight excluding hydrogens is 304 g/mol. The minimum Gasteiger partial charge on any atom is -0.355 e. The third-order valence-corrected chi connectivity index (χ3v) is 3.39. The van der Waals surface area contributed by atoms with E-state index in [0.717, 1.165) is 5.56 Å². The first-order valence-corrected chi connectivity index (χ1v) is 7.17. The minimum atomic E-state index is -0.312. The van der Waals surface area contributed by atoms with Crippen molar-refractivity contribution in [3.05, 3.63) is 52.3 Å². The van der Waals surface area contributed by atoms with Crippen molar-refractivity contribution in [2.75, 3.05) is 13.6 Å². The van der Waals surface area contributed by atoms with Gasteiger partial charge in [0.05, 0.1) is 5.02 Å². The van der Waals surface area contributed by atoms with Crippen LogP contribution in [0, 0.1) is 0 Å². The molecule has 0 fully saturated rings. The molecule has 0 bridgehead atoms. The third-order valence-electron chi connectivity index (χ3n) is 3.11. The lowest BCUT2D eigenvalue weighted by molar-refractivity contribution is 0.0944. The quantitative estimate of drug-likeness (QED) is 0.874. The van der Waals surface area contributed by atoms with Gasteiger partial charge in [-0.3, -0.25) is 14.3 Å². The number of benzene rings is 1. The Morgan fingerprint density at radius 1 is 1.32 bits per heavy atom. The first-order valence-electron chi connectivity index (χ1n) is 6.79. The van der Waals surface area contributed by atoms with Gasteiger partial charge in [-0.05, 0) is 24.1 Å². The van der Waals surface area contributed by atoms with Crippen LogP contribution in [0.4, 0.5) is 0 Å². The van der Waals surface area contributed by atoms with Crippen LogP contribution < -0.4 is 10.6 Å². The first kappa shape index (κ1) is 16.0. The second kappa shape index (κ2) is 7.09. The van der Waals surface area contributed by atoms with E-state index in [1.807, 2.05) is 12.1 Å². The molecule has 0 atom stereocenters. The molecule has 0 unspecified atom stereocenters. The van der Waals surface area contributed by atoms with Crippen LogP contribution in [0.3, 0.4) is 0 Å². The Bertz CT molecular complexity index is 697. The Morgan fingerprint density at radius 2 is 2.09 bits per heavy atom. The van der Waals surface area contributed by atoms with Crippen LogP contribution in [0.15, 0.2) is 30.5 Å². The van der Waals surface area contributed by atoms with Gasteiger partial charge in [0.25, 0.3) is 11.8 Å². The molecule has 2 amide bonds. The summed E-state index contributed by atoms with van der Waals surface area (Å²) in [5.74, 6) is -0.445.